The van der Waals surface area contributed by atoms with Crippen LogP contribution in [-0.4, -0.2) is 24.9 Å². The molecular formula is C16H18N2O. The van der Waals surface area contributed by atoms with Gasteiger partial charge in [0.05, 0.1) is 0 Å². The van der Waals surface area contributed by atoms with Gasteiger partial charge in [0.15, 0.2) is 0 Å². The van der Waals surface area contributed by atoms with Gasteiger partial charge in [0, 0.05) is 43.2 Å². The molecule has 1 aromatic heterocycles. The van der Waals surface area contributed by atoms with Gasteiger partial charge in [0.2, 0.25) is 0 Å². The summed E-state index contributed by atoms with van der Waals surface area (Å²) in [5.74, 6) is 0. The van der Waals surface area contributed by atoms with Crippen molar-refractivity contribution in [3.05, 3.63) is 59.4 Å². The summed E-state index contributed by atoms with van der Waals surface area (Å²) in [6, 6.07) is 11.9. The van der Waals surface area contributed by atoms with Crippen LogP contribution in [0.1, 0.15) is 21.6 Å². The molecule has 19 heavy (non-hydrogen) atoms. The lowest BCUT2D eigenvalue weighted by molar-refractivity contribution is 0.112. The van der Waals surface area contributed by atoms with E-state index in [0.29, 0.717) is 0 Å². The number of anilines is 1. The average molecular weight is 254 g/mol. The van der Waals surface area contributed by atoms with Crippen LogP contribution in [0.3, 0.4) is 0 Å². The molecule has 0 saturated carbocycles. The molecule has 0 amide bonds. The van der Waals surface area contributed by atoms with E-state index in [1.165, 1.54) is 0 Å². The summed E-state index contributed by atoms with van der Waals surface area (Å²) < 4.78 is 0. The van der Waals surface area contributed by atoms with Gasteiger partial charge < -0.3 is 4.90 Å². The number of hydrogen-bond acceptors (Lipinski definition) is 3. The minimum absolute atomic E-state index is 0.752. The van der Waals surface area contributed by atoms with Crippen LogP contribution in [0.4, 0.5) is 5.69 Å². The van der Waals surface area contributed by atoms with Crippen molar-refractivity contribution in [3.63, 3.8) is 0 Å². The summed E-state index contributed by atoms with van der Waals surface area (Å²) in [6.45, 7) is 2.86. The maximum absolute atomic E-state index is 10.8. The molecule has 0 spiro atoms. The molecule has 1 aromatic carbocycles. The highest BCUT2D eigenvalue weighted by Crippen LogP contribution is 2.17. The number of carbonyl (C=O) groups excluding carboxylic acids is 1. The topological polar surface area (TPSA) is 33.2 Å². The highest BCUT2D eigenvalue weighted by atomic mass is 16.1. The second kappa shape index (κ2) is 6.14. The zero-order chi connectivity index (χ0) is 13.7. The van der Waals surface area contributed by atoms with Crippen LogP contribution in [0.2, 0.25) is 0 Å². The van der Waals surface area contributed by atoms with Crippen LogP contribution in [0.5, 0.6) is 0 Å². The maximum atomic E-state index is 10.8. The normalized spacial score (nSPS) is 10.2. The lowest BCUT2D eigenvalue weighted by atomic mass is 10.1. The summed E-state index contributed by atoms with van der Waals surface area (Å²) in [7, 11) is 2.05. The Kier molecular flexibility index (Phi) is 4.29. The van der Waals surface area contributed by atoms with E-state index >= 15 is 0 Å². The summed E-state index contributed by atoms with van der Waals surface area (Å²) in [5, 5.41) is 0. The third-order valence-corrected chi connectivity index (χ3v) is 3.25. The number of aromatic nitrogens is 1. The molecule has 1 heterocycles. The standard InChI is InChI=1S/C16H18N2O/c1-13-11-16(7-6-14(13)12-19)18(2)10-8-15-5-3-4-9-17-15/h3-7,9,11-12H,8,10H2,1-2H3. The molecule has 2 aromatic rings. The first-order chi connectivity index (χ1) is 9.20. The van der Waals surface area contributed by atoms with Gasteiger partial charge >= 0.3 is 0 Å². The van der Waals surface area contributed by atoms with Gasteiger partial charge in [0.1, 0.15) is 6.29 Å². The van der Waals surface area contributed by atoms with E-state index < -0.39 is 0 Å². The number of benzene rings is 1. The Morgan fingerprint density at radius 2 is 2.11 bits per heavy atom. The van der Waals surface area contributed by atoms with E-state index in [4.69, 9.17) is 0 Å². The molecule has 0 unspecified atom stereocenters. The molecule has 0 aliphatic carbocycles. The Balaban J connectivity index is 2.02. The highest BCUT2D eigenvalue weighted by Gasteiger charge is 2.04. The first-order valence-corrected chi connectivity index (χ1v) is 6.37. The number of pyridine rings is 1. The van der Waals surface area contributed by atoms with Crippen LogP contribution in [-0.2, 0) is 6.42 Å². The fourth-order valence-electron chi connectivity index (χ4n) is 1.99. The molecule has 0 saturated heterocycles. The van der Waals surface area contributed by atoms with Crippen molar-refractivity contribution < 1.29 is 4.79 Å². The maximum Gasteiger partial charge on any atom is 0.150 e. The van der Waals surface area contributed by atoms with Crippen molar-refractivity contribution in [3.8, 4) is 0 Å². The van der Waals surface area contributed by atoms with Gasteiger partial charge in [-0.05, 0) is 42.8 Å². The number of nitrogens with zero attached hydrogens (tertiary/aromatic N) is 2. The van der Waals surface area contributed by atoms with Crippen LogP contribution in [0.25, 0.3) is 0 Å². The SMILES string of the molecule is Cc1cc(N(C)CCc2ccccn2)ccc1C=O. The number of carbonyl (C=O) groups is 1. The van der Waals surface area contributed by atoms with Crippen molar-refractivity contribution >= 4 is 12.0 Å². The molecule has 0 N–H and O–H groups in total. The van der Waals surface area contributed by atoms with Gasteiger partial charge in [-0.3, -0.25) is 9.78 Å². The second-order valence-electron chi connectivity index (χ2n) is 4.65. The van der Waals surface area contributed by atoms with Crippen molar-refractivity contribution in [2.75, 3.05) is 18.5 Å². The third-order valence-electron chi connectivity index (χ3n) is 3.25. The Bertz CT molecular complexity index is 552. The monoisotopic (exact) mass is 254 g/mol. The van der Waals surface area contributed by atoms with Crippen molar-refractivity contribution in [1.82, 2.24) is 4.98 Å². The van der Waals surface area contributed by atoms with Crippen molar-refractivity contribution in [2.45, 2.75) is 13.3 Å². The molecule has 3 heteroatoms. The Morgan fingerprint density at radius 1 is 1.26 bits per heavy atom. The Morgan fingerprint density at radius 3 is 2.74 bits per heavy atom. The van der Waals surface area contributed by atoms with Gasteiger partial charge in [-0.2, -0.15) is 0 Å². The van der Waals surface area contributed by atoms with E-state index in [1.54, 1.807) is 0 Å². The lowest BCUT2D eigenvalue weighted by Crippen LogP contribution is -2.20. The van der Waals surface area contributed by atoms with E-state index in [1.807, 2.05) is 49.5 Å². The highest BCUT2D eigenvalue weighted by molar-refractivity contribution is 5.78. The zero-order valence-corrected chi connectivity index (χ0v) is 11.3. The molecule has 98 valence electrons. The fourth-order valence-corrected chi connectivity index (χ4v) is 1.99. The molecule has 0 aliphatic rings. The summed E-state index contributed by atoms with van der Waals surface area (Å²) in [4.78, 5) is 17.3. The van der Waals surface area contributed by atoms with Crippen LogP contribution >= 0.6 is 0 Å². The smallest absolute Gasteiger partial charge is 0.150 e. The molecule has 0 bridgehead atoms. The number of likely N-dealkylation sites (N-methyl/N-ethyl adjacent to an activating group) is 1. The average Bonchev–Trinajstić information content (AvgIpc) is 2.45. The number of aldehydes is 1. The van der Waals surface area contributed by atoms with Crippen LogP contribution in [0.15, 0.2) is 42.6 Å². The minimum Gasteiger partial charge on any atom is -0.374 e. The van der Waals surface area contributed by atoms with Crippen LogP contribution in [0, 0.1) is 6.92 Å². The first kappa shape index (κ1) is 13.3. The molecule has 0 fully saturated rings. The van der Waals surface area contributed by atoms with Crippen molar-refractivity contribution in [2.24, 2.45) is 0 Å². The van der Waals surface area contributed by atoms with Gasteiger partial charge in [-0.25, -0.2) is 0 Å². The van der Waals surface area contributed by atoms with E-state index in [9.17, 15) is 4.79 Å². The predicted molar refractivity (Wildman–Crippen MR) is 77.8 cm³/mol. The zero-order valence-electron chi connectivity index (χ0n) is 11.3. The third kappa shape index (κ3) is 3.41. The first-order valence-electron chi connectivity index (χ1n) is 6.37. The van der Waals surface area contributed by atoms with Gasteiger partial charge in [0.25, 0.3) is 0 Å². The quantitative estimate of drug-likeness (QED) is 0.769. The second-order valence-corrected chi connectivity index (χ2v) is 4.65. The van der Waals surface area contributed by atoms with E-state index in [2.05, 4.69) is 16.9 Å². The number of hydrogen-bond donors (Lipinski definition) is 0. The fraction of sp³-hybridized carbons (Fsp3) is 0.250. The molecule has 3 nitrogen and oxygen atoms in total. The van der Waals surface area contributed by atoms with Gasteiger partial charge in [-0.1, -0.05) is 6.07 Å². The largest absolute Gasteiger partial charge is 0.374 e. The van der Waals surface area contributed by atoms with Crippen molar-refractivity contribution in [1.29, 1.82) is 0 Å². The Labute approximate surface area is 113 Å². The van der Waals surface area contributed by atoms with E-state index in [0.717, 1.165) is 41.8 Å². The molecular weight excluding hydrogens is 236 g/mol. The summed E-state index contributed by atoms with van der Waals surface area (Å²) in [6.07, 6.45) is 3.62. The Hall–Kier alpha value is -2.16. The summed E-state index contributed by atoms with van der Waals surface area (Å²) in [5.41, 5.74) is 3.98. The molecule has 2 rings (SSSR count). The van der Waals surface area contributed by atoms with E-state index in [-0.39, 0.29) is 0 Å². The predicted octanol–water partition coefficient (Wildman–Crippen LogP) is 2.88. The van der Waals surface area contributed by atoms with Crippen LogP contribution < -0.4 is 4.90 Å². The van der Waals surface area contributed by atoms with Gasteiger partial charge in [-0.15, -0.1) is 0 Å². The lowest BCUT2D eigenvalue weighted by Gasteiger charge is -2.20. The molecule has 0 atom stereocenters. The molecule has 0 aliphatic heterocycles. The number of aryl methyl sites for hydroxylation is 1. The minimum atomic E-state index is 0.752. The number of rotatable bonds is 5. The molecule has 0 radical (unpaired) electrons. The summed E-state index contributed by atoms with van der Waals surface area (Å²) >= 11 is 0.